The summed E-state index contributed by atoms with van der Waals surface area (Å²) in [5.41, 5.74) is 0. The van der Waals surface area contributed by atoms with Crippen LogP contribution in [0.4, 0.5) is 0 Å². The monoisotopic (exact) mass is 219 g/mol. The second-order valence-corrected chi connectivity index (χ2v) is 4.44. The van der Waals surface area contributed by atoms with E-state index in [9.17, 15) is 4.79 Å². The highest BCUT2D eigenvalue weighted by Gasteiger charge is 2.28. The maximum atomic E-state index is 11.6. The third kappa shape index (κ3) is 3.46. The Morgan fingerprint density at radius 3 is 2.93 bits per heavy atom. The fourth-order valence-corrected chi connectivity index (χ4v) is 1.58. The van der Waals surface area contributed by atoms with Crippen molar-refractivity contribution in [3.63, 3.8) is 0 Å². The number of amides is 1. The molecule has 1 rings (SSSR count). The van der Waals surface area contributed by atoms with E-state index in [0.29, 0.717) is 13.2 Å². The molecule has 3 unspecified atom stereocenters. The highest BCUT2D eigenvalue weighted by atomic mass is 35.5. The molecule has 14 heavy (non-hydrogen) atoms. The number of nitrogens with one attached hydrogen (secondary N) is 1. The van der Waals surface area contributed by atoms with Crippen LogP contribution in [0.25, 0.3) is 0 Å². The summed E-state index contributed by atoms with van der Waals surface area (Å²) in [6.07, 6.45) is 1.91. The van der Waals surface area contributed by atoms with Gasteiger partial charge in [0.15, 0.2) is 0 Å². The van der Waals surface area contributed by atoms with Gasteiger partial charge in [0.1, 0.15) is 0 Å². The Bertz CT molecular complexity index is 199. The van der Waals surface area contributed by atoms with Gasteiger partial charge in [-0.2, -0.15) is 0 Å². The third-order valence-electron chi connectivity index (χ3n) is 2.51. The van der Waals surface area contributed by atoms with Crippen LogP contribution in [-0.4, -0.2) is 30.5 Å². The van der Waals surface area contributed by atoms with E-state index >= 15 is 0 Å². The molecule has 1 aliphatic heterocycles. The minimum Gasteiger partial charge on any atom is -0.378 e. The highest BCUT2D eigenvalue weighted by Crippen LogP contribution is 2.18. The van der Waals surface area contributed by atoms with E-state index in [1.807, 2.05) is 13.8 Å². The number of carbonyl (C=O) groups is 1. The van der Waals surface area contributed by atoms with Crippen molar-refractivity contribution in [1.29, 1.82) is 0 Å². The molecular formula is C10H18ClNO2. The summed E-state index contributed by atoms with van der Waals surface area (Å²) in [5, 5.41) is 2.89. The zero-order valence-electron chi connectivity index (χ0n) is 8.75. The van der Waals surface area contributed by atoms with Crippen LogP contribution >= 0.6 is 11.6 Å². The Morgan fingerprint density at radius 1 is 1.71 bits per heavy atom. The van der Waals surface area contributed by atoms with Gasteiger partial charge in [-0.25, -0.2) is 0 Å². The molecule has 1 heterocycles. The van der Waals surface area contributed by atoms with E-state index in [-0.39, 0.29) is 23.3 Å². The molecule has 0 bridgehead atoms. The Labute approximate surface area is 90.1 Å². The fourth-order valence-electron chi connectivity index (χ4n) is 1.50. The SMILES string of the molecule is CCC(Cl)CNC(=O)C1COC(C)C1. The molecule has 0 aliphatic carbocycles. The quantitative estimate of drug-likeness (QED) is 0.729. The first-order valence-electron chi connectivity index (χ1n) is 5.16. The van der Waals surface area contributed by atoms with Crippen molar-refractivity contribution in [2.45, 2.75) is 38.2 Å². The average molecular weight is 220 g/mol. The number of carbonyl (C=O) groups excluding carboxylic acids is 1. The molecule has 0 spiro atoms. The minimum atomic E-state index is 0.0192. The molecule has 0 aromatic rings. The predicted molar refractivity (Wildman–Crippen MR) is 56.5 cm³/mol. The van der Waals surface area contributed by atoms with Crippen LogP contribution in [0.3, 0.4) is 0 Å². The first-order valence-corrected chi connectivity index (χ1v) is 5.60. The van der Waals surface area contributed by atoms with Gasteiger partial charge < -0.3 is 10.1 Å². The third-order valence-corrected chi connectivity index (χ3v) is 2.97. The van der Waals surface area contributed by atoms with Crippen LogP contribution in [0.5, 0.6) is 0 Å². The zero-order chi connectivity index (χ0) is 10.6. The van der Waals surface area contributed by atoms with Gasteiger partial charge in [-0.3, -0.25) is 4.79 Å². The van der Waals surface area contributed by atoms with Crippen molar-refractivity contribution in [3.8, 4) is 0 Å². The van der Waals surface area contributed by atoms with Crippen molar-refractivity contribution in [3.05, 3.63) is 0 Å². The van der Waals surface area contributed by atoms with Crippen molar-refractivity contribution in [2.75, 3.05) is 13.2 Å². The lowest BCUT2D eigenvalue weighted by Gasteiger charge is -2.11. The van der Waals surface area contributed by atoms with Crippen LogP contribution in [0.15, 0.2) is 0 Å². The standard InChI is InChI=1S/C10H18ClNO2/c1-3-9(11)5-12-10(13)8-4-7(2)14-6-8/h7-9H,3-6H2,1-2H3,(H,12,13). The first-order chi connectivity index (χ1) is 6.63. The van der Waals surface area contributed by atoms with E-state index in [1.54, 1.807) is 0 Å². The van der Waals surface area contributed by atoms with E-state index in [0.717, 1.165) is 12.8 Å². The van der Waals surface area contributed by atoms with Crippen molar-refractivity contribution < 1.29 is 9.53 Å². The van der Waals surface area contributed by atoms with Gasteiger partial charge in [0.05, 0.1) is 24.0 Å². The largest absolute Gasteiger partial charge is 0.378 e. The first kappa shape index (κ1) is 11.8. The highest BCUT2D eigenvalue weighted by molar-refractivity contribution is 6.20. The molecule has 82 valence electrons. The van der Waals surface area contributed by atoms with E-state index < -0.39 is 0 Å². The summed E-state index contributed by atoms with van der Waals surface area (Å²) in [5.74, 6) is 0.0965. The Morgan fingerprint density at radius 2 is 2.43 bits per heavy atom. The van der Waals surface area contributed by atoms with Gasteiger partial charge >= 0.3 is 0 Å². The van der Waals surface area contributed by atoms with Gasteiger partial charge in [0.25, 0.3) is 0 Å². The topological polar surface area (TPSA) is 38.3 Å². The summed E-state index contributed by atoms with van der Waals surface area (Å²) < 4.78 is 5.33. The summed E-state index contributed by atoms with van der Waals surface area (Å²) in [6.45, 7) is 5.10. The van der Waals surface area contributed by atoms with Crippen LogP contribution < -0.4 is 5.32 Å². The molecule has 1 fully saturated rings. The van der Waals surface area contributed by atoms with Gasteiger partial charge in [-0.05, 0) is 19.8 Å². The normalized spacial score (nSPS) is 28.8. The molecule has 4 heteroatoms. The summed E-state index contributed by atoms with van der Waals surface area (Å²) in [4.78, 5) is 11.6. The lowest BCUT2D eigenvalue weighted by atomic mass is 10.1. The average Bonchev–Trinajstić information content (AvgIpc) is 2.60. The smallest absolute Gasteiger partial charge is 0.225 e. The molecule has 1 saturated heterocycles. The lowest BCUT2D eigenvalue weighted by Crippen LogP contribution is -2.35. The molecule has 0 aromatic heterocycles. The zero-order valence-corrected chi connectivity index (χ0v) is 9.51. The molecule has 0 radical (unpaired) electrons. The lowest BCUT2D eigenvalue weighted by molar-refractivity contribution is -0.124. The molecular weight excluding hydrogens is 202 g/mol. The van der Waals surface area contributed by atoms with Crippen LogP contribution in [0.1, 0.15) is 26.7 Å². The van der Waals surface area contributed by atoms with Gasteiger partial charge in [-0.15, -0.1) is 11.6 Å². The van der Waals surface area contributed by atoms with E-state index in [4.69, 9.17) is 16.3 Å². The molecule has 1 amide bonds. The number of halogens is 1. The van der Waals surface area contributed by atoms with E-state index in [2.05, 4.69) is 5.32 Å². The second kappa shape index (κ2) is 5.56. The number of alkyl halides is 1. The van der Waals surface area contributed by atoms with Crippen LogP contribution in [0, 0.1) is 5.92 Å². The van der Waals surface area contributed by atoms with Gasteiger partial charge in [0.2, 0.25) is 5.91 Å². The van der Waals surface area contributed by atoms with Crippen LogP contribution in [0.2, 0.25) is 0 Å². The van der Waals surface area contributed by atoms with Crippen molar-refractivity contribution in [1.82, 2.24) is 5.32 Å². The van der Waals surface area contributed by atoms with Gasteiger partial charge in [0, 0.05) is 6.54 Å². The second-order valence-electron chi connectivity index (χ2n) is 3.83. The molecule has 0 saturated carbocycles. The van der Waals surface area contributed by atoms with Gasteiger partial charge in [-0.1, -0.05) is 6.92 Å². The van der Waals surface area contributed by atoms with Crippen molar-refractivity contribution in [2.24, 2.45) is 5.92 Å². The van der Waals surface area contributed by atoms with Crippen LogP contribution in [-0.2, 0) is 9.53 Å². The molecule has 3 atom stereocenters. The Kier molecular flexibility index (Phi) is 4.69. The molecule has 1 N–H and O–H groups in total. The number of rotatable bonds is 4. The maximum absolute atomic E-state index is 11.6. The van der Waals surface area contributed by atoms with Crippen molar-refractivity contribution >= 4 is 17.5 Å². The Hall–Kier alpha value is -0.280. The molecule has 3 nitrogen and oxygen atoms in total. The maximum Gasteiger partial charge on any atom is 0.225 e. The molecule has 0 aromatic carbocycles. The summed E-state index contributed by atoms with van der Waals surface area (Å²) in [6, 6.07) is 0. The predicted octanol–water partition coefficient (Wildman–Crippen LogP) is 1.54. The molecule has 1 aliphatic rings. The Balaban J connectivity index is 2.22. The van der Waals surface area contributed by atoms with E-state index in [1.165, 1.54) is 0 Å². The summed E-state index contributed by atoms with van der Waals surface area (Å²) in [7, 11) is 0. The number of ether oxygens (including phenoxy) is 1. The minimum absolute atomic E-state index is 0.0192. The number of hydrogen-bond donors (Lipinski definition) is 1. The fraction of sp³-hybridized carbons (Fsp3) is 0.900. The number of hydrogen-bond acceptors (Lipinski definition) is 2. The summed E-state index contributed by atoms with van der Waals surface area (Å²) >= 11 is 5.90.